The van der Waals surface area contributed by atoms with Gasteiger partial charge in [-0.05, 0) is 18.9 Å². The van der Waals surface area contributed by atoms with Crippen LogP contribution in [0.4, 0.5) is 0 Å². The van der Waals surface area contributed by atoms with Crippen LogP contribution in [0.1, 0.15) is 12.8 Å². The topological polar surface area (TPSA) is 35.5 Å². The smallest absolute Gasteiger partial charge is 0.337 e. The second-order valence-corrected chi connectivity index (χ2v) is 2.48. The Morgan fingerprint density at radius 1 is 1.50 bits per heavy atom. The quantitative estimate of drug-likeness (QED) is 0.585. The molecule has 0 N–H and O–H groups in total. The van der Waals surface area contributed by atoms with Gasteiger partial charge in [0, 0.05) is 0 Å². The van der Waals surface area contributed by atoms with Crippen LogP contribution in [0.15, 0.2) is 23.5 Å². The Bertz CT molecular complexity index is 238. The van der Waals surface area contributed by atoms with Gasteiger partial charge in [0.1, 0.15) is 5.76 Å². The van der Waals surface area contributed by atoms with Crippen LogP contribution in [0.25, 0.3) is 0 Å². The summed E-state index contributed by atoms with van der Waals surface area (Å²) in [5.74, 6) is 0.323. The van der Waals surface area contributed by atoms with Crippen molar-refractivity contribution in [3.63, 3.8) is 0 Å². The second kappa shape index (κ2) is 3.95. The Hall–Kier alpha value is -1.25. The van der Waals surface area contributed by atoms with E-state index in [1.807, 2.05) is 6.08 Å². The molecule has 0 saturated carbocycles. The van der Waals surface area contributed by atoms with E-state index < -0.39 is 0 Å². The van der Waals surface area contributed by atoms with Gasteiger partial charge in [-0.15, -0.1) is 0 Å². The average molecular weight is 168 g/mol. The molecule has 0 aromatic carbocycles. The Balaban J connectivity index is 2.88. The van der Waals surface area contributed by atoms with Gasteiger partial charge < -0.3 is 9.47 Å². The van der Waals surface area contributed by atoms with Crippen LogP contribution in [-0.2, 0) is 14.3 Å². The molecule has 1 aliphatic rings. The highest BCUT2D eigenvalue weighted by atomic mass is 16.5. The minimum absolute atomic E-state index is 0.295. The zero-order valence-electron chi connectivity index (χ0n) is 7.29. The van der Waals surface area contributed by atoms with Crippen molar-refractivity contribution in [3.8, 4) is 0 Å². The molecular weight excluding hydrogens is 156 g/mol. The fourth-order valence-electron chi connectivity index (χ4n) is 1.16. The first-order valence-electron chi connectivity index (χ1n) is 3.81. The fourth-order valence-corrected chi connectivity index (χ4v) is 1.16. The average Bonchev–Trinajstić information content (AvgIpc) is 2.16. The third-order valence-corrected chi connectivity index (χ3v) is 1.78. The molecule has 0 amide bonds. The van der Waals surface area contributed by atoms with Crippen LogP contribution in [0.5, 0.6) is 0 Å². The van der Waals surface area contributed by atoms with Crippen molar-refractivity contribution in [2.75, 3.05) is 14.2 Å². The number of hydrogen-bond acceptors (Lipinski definition) is 3. The molecular formula is C9H12O3. The van der Waals surface area contributed by atoms with Crippen molar-refractivity contribution < 1.29 is 14.3 Å². The minimum atomic E-state index is -0.295. The first kappa shape index (κ1) is 8.84. The predicted molar refractivity (Wildman–Crippen MR) is 44.4 cm³/mol. The zero-order valence-corrected chi connectivity index (χ0v) is 7.29. The highest BCUT2D eigenvalue weighted by Gasteiger charge is 2.16. The number of carbonyl (C=O) groups excluding carboxylic acids is 1. The summed E-state index contributed by atoms with van der Waals surface area (Å²) in [5, 5.41) is 0. The van der Waals surface area contributed by atoms with Crippen LogP contribution < -0.4 is 0 Å². The summed E-state index contributed by atoms with van der Waals surface area (Å²) in [4.78, 5) is 11.1. The summed E-state index contributed by atoms with van der Waals surface area (Å²) in [7, 11) is 2.93. The number of esters is 1. The Morgan fingerprint density at radius 3 is 2.83 bits per heavy atom. The first-order valence-corrected chi connectivity index (χ1v) is 3.81. The summed E-state index contributed by atoms with van der Waals surface area (Å²) >= 11 is 0. The number of carbonyl (C=O) groups is 1. The van der Waals surface area contributed by atoms with Gasteiger partial charge in [0.15, 0.2) is 0 Å². The van der Waals surface area contributed by atoms with E-state index in [-0.39, 0.29) is 5.97 Å². The van der Waals surface area contributed by atoms with E-state index in [2.05, 4.69) is 4.74 Å². The minimum Gasteiger partial charge on any atom is -0.496 e. The van der Waals surface area contributed by atoms with E-state index in [9.17, 15) is 4.79 Å². The van der Waals surface area contributed by atoms with Crippen LogP contribution >= 0.6 is 0 Å². The molecule has 0 heterocycles. The van der Waals surface area contributed by atoms with E-state index in [1.165, 1.54) is 7.11 Å². The molecule has 0 bridgehead atoms. The number of ether oxygens (including phenoxy) is 2. The maximum absolute atomic E-state index is 11.1. The third-order valence-electron chi connectivity index (χ3n) is 1.78. The standard InChI is InChI=1S/C9H12O3/c1-11-8-6-4-3-5-7(8)9(10)12-2/h4,6H,3,5H2,1-2H3. The lowest BCUT2D eigenvalue weighted by Crippen LogP contribution is -2.10. The molecule has 3 heteroatoms. The molecule has 12 heavy (non-hydrogen) atoms. The van der Waals surface area contributed by atoms with Gasteiger partial charge in [-0.3, -0.25) is 0 Å². The Labute approximate surface area is 71.7 Å². The molecule has 3 nitrogen and oxygen atoms in total. The number of hydrogen-bond donors (Lipinski definition) is 0. The van der Waals surface area contributed by atoms with Crippen molar-refractivity contribution in [1.82, 2.24) is 0 Å². The van der Waals surface area contributed by atoms with Crippen molar-refractivity contribution in [1.29, 1.82) is 0 Å². The SMILES string of the molecule is COC(=O)C1=C(OC)C=CCC1. The van der Waals surface area contributed by atoms with Gasteiger partial charge in [0.25, 0.3) is 0 Å². The highest BCUT2D eigenvalue weighted by molar-refractivity contribution is 5.89. The van der Waals surface area contributed by atoms with Crippen molar-refractivity contribution >= 4 is 5.97 Å². The van der Waals surface area contributed by atoms with Crippen LogP contribution in [-0.4, -0.2) is 20.2 Å². The van der Waals surface area contributed by atoms with Crippen LogP contribution in [0.2, 0.25) is 0 Å². The fraction of sp³-hybridized carbons (Fsp3) is 0.444. The van der Waals surface area contributed by atoms with E-state index in [0.717, 1.165) is 6.42 Å². The largest absolute Gasteiger partial charge is 0.496 e. The van der Waals surface area contributed by atoms with Gasteiger partial charge in [-0.2, -0.15) is 0 Å². The molecule has 0 aliphatic heterocycles. The van der Waals surface area contributed by atoms with Gasteiger partial charge >= 0.3 is 5.97 Å². The molecule has 0 radical (unpaired) electrons. The second-order valence-electron chi connectivity index (χ2n) is 2.48. The Kier molecular flexibility index (Phi) is 2.91. The first-order chi connectivity index (χ1) is 5.79. The van der Waals surface area contributed by atoms with E-state index >= 15 is 0 Å². The lowest BCUT2D eigenvalue weighted by atomic mass is 10.0. The molecule has 66 valence electrons. The van der Waals surface area contributed by atoms with E-state index in [0.29, 0.717) is 17.8 Å². The lowest BCUT2D eigenvalue weighted by Gasteiger charge is -2.12. The summed E-state index contributed by atoms with van der Waals surface area (Å²) in [6, 6.07) is 0. The van der Waals surface area contributed by atoms with E-state index in [4.69, 9.17) is 4.74 Å². The summed E-state index contributed by atoms with van der Waals surface area (Å²) in [6.07, 6.45) is 5.35. The zero-order chi connectivity index (χ0) is 8.97. The molecule has 1 aliphatic carbocycles. The highest BCUT2D eigenvalue weighted by Crippen LogP contribution is 2.20. The van der Waals surface area contributed by atoms with E-state index in [1.54, 1.807) is 13.2 Å². The van der Waals surface area contributed by atoms with Crippen LogP contribution in [0.3, 0.4) is 0 Å². The van der Waals surface area contributed by atoms with Crippen LogP contribution in [0, 0.1) is 0 Å². The van der Waals surface area contributed by atoms with Crippen molar-refractivity contribution in [2.24, 2.45) is 0 Å². The molecule has 0 aromatic heterocycles. The third kappa shape index (κ3) is 1.67. The van der Waals surface area contributed by atoms with Gasteiger partial charge in [-0.25, -0.2) is 4.79 Å². The number of rotatable bonds is 2. The predicted octanol–water partition coefficient (Wildman–Crippen LogP) is 1.41. The maximum Gasteiger partial charge on any atom is 0.337 e. The van der Waals surface area contributed by atoms with Gasteiger partial charge in [0.05, 0.1) is 19.8 Å². The molecule has 0 atom stereocenters. The summed E-state index contributed by atoms with van der Waals surface area (Å²) < 4.78 is 9.63. The molecule has 0 saturated heterocycles. The Morgan fingerprint density at radius 2 is 2.25 bits per heavy atom. The molecule has 0 spiro atoms. The summed E-state index contributed by atoms with van der Waals surface area (Å²) in [5.41, 5.74) is 0.627. The van der Waals surface area contributed by atoms with Crippen molar-refractivity contribution in [3.05, 3.63) is 23.5 Å². The van der Waals surface area contributed by atoms with Crippen molar-refractivity contribution in [2.45, 2.75) is 12.8 Å². The van der Waals surface area contributed by atoms with Gasteiger partial charge in [-0.1, -0.05) is 6.08 Å². The molecule has 0 aromatic rings. The summed E-state index contributed by atoms with van der Waals surface area (Å²) in [6.45, 7) is 0. The molecule has 0 unspecified atom stereocenters. The normalized spacial score (nSPS) is 16.2. The number of allylic oxidation sites excluding steroid dienone is 2. The van der Waals surface area contributed by atoms with Gasteiger partial charge in [0.2, 0.25) is 0 Å². The monoisotopic (exact) mass is 168 g/mol. The number of methoxy groups -OCH3 is 2. The lowest BCUT2D eigenvalue weighted by molar-refractivity contribution is -0.136. The molecule has 1 rings (SSSR count). The molecule has 0 fully saturated rings. The maximum atomic E-state index is 11.1.